The lowest BCUT2D eigenvalue weighted by molar-refractivity contribution is 1.09. The molecule has 0 atom stereocenters. The Kier molecular flexibility index (Phi) is 2.74. The van der Waals surface area contributed by atoms with Crippen LogP contribution in [0.2, 0.25) is 0 Å². The van der Waals surface area contributed by atoms with Gasteiger partial charge in [0.25, 0.3) is 0 Å². The fraction of sp³-hybridized carbons (Fsp3) is 0.273. The van der Waals surface area contributed by atoms with Crippen LogP contribution in [0, 0.1) is 12.3 Å². The fourth-order valence-corrected chi connectivity index (χ4v) is 1.18. The molecule has 0 heteroatoms. The number of benzene rings is 1. The third-order valence-corrected chi connectivity index (χ3v) is 1.79. The molecule has 0 amide bonds. The molecule has 0 bridgehead atoms. The Morgan fingerprint density at radius 2 is 1.91 bits per heavy atom. The summed E-state index contributed by atoms with van der Waals surface area (Å²) in [6.45, 7) is 2.15. The predicted molar refractivity (Wildman–Crippen MR) is 48.4 cm³/mol. The summed E-state index contributed by atoms with van der Waals surface area (Å²) < 4.78 is 0. The zero-order chi connectivity index (χ0) is 8.10. The molecule has 0 N–H and O–H groups in total. The third kappa shape index (κ3) is 1.85. The summed E-state index contributed by atoms with van der Waals surface area (Å²) in [5.41, 5.74) is 2.66. The van der Waals surface area contributed by atoms with Crippen molar-refractivity contribution in [3.8, 4) is 12.3 Å². The van der Waals surface area contributed by atoms with Gasteiger partial charge in [-0.05, 0) is 17.5 Å². The molecule has 0 aliphatic heterocycles. The van der Waals surface area contributed by atoms with Crippen molar-refractivity contribution in [3.63, 3.8) is 0 Å². The second-order valence-corrected chi connectivity index (χ2v) is 2.50. The Labute approximate surface area is 68.3 Å². The van der Waals surface area contributed by atoms with Crippen LogP contribution in [0.15, 0.2) is 24.3 Å². The highest BCUT2D eigenvalue weighted by Gasteiger charge is 1.95. The summed E-state index contributed by atoms with van der Waals surface area (Å²) in [4.78, 5) is 0. The van der Waals surface area contributed by atoms with Crippen molar-refractivity contribution in [2.45, 2.75) is 19.8 Å². The molecular formula is C11H12. The second-order valence-electron chi connectivity index (χ2n) is 2.50. The van der Waals surface area contributed by atoms with Gasteiger partial charge < -0.3 is 0 Å². The highest BCUT2D eigenvalue weighted by Crippen LogP contribution is 2.08. The van der Waals surface area contributed by atoms with Gasteiger partial charge in [0.2, 0.25) is 0 Å². The van der Waals surface area contributed by atoms with E-state index in [4.69, 9.17) is 6.42 Å². The first-order chi connectivity index (χ1) is 5.38. The quantitative estimate of drug-likeness (QED) is 0.559. The van der Waals surface area contributed by atoms with Gasteiger partial charge in [0.05, 0.1) is 0 Å². The molecule has 0 fully saturated rings. The van der Waals surface area contributed by atoms with Crippen molar-refractivity contribution in [2.24, 2.45) is 0 Å². The van der Waals surface area contributed by atoms with E-state index in [9.17, 15) is 0 Å². The number of aryl methyl sites for hydroxylation is 1. The lowest BCUT2D eigenvalue weighted by Gasteiger charge is -2.02. The van der Waals surface area contributed by atoms with E-state index in [-0.39, 0.29) is 0 Å². The van der Waals surface area contributed by atoms with E-state index < -0.39 is 0 Å². The Bertz CT molecular complexity index is 266. The summed E-state index contributed by atoms with van der Waals surface area (Å²) in [6.07, 6.45) is 7.06. The minimum Gasteiger partial charge on any atom is -0.120 e. The Hall–Kier alpha value is -1.22. The highest BCUT2D eigenvalue weighted by molar-refractivity contribution is 5.29. The van der Waals surface area contributed by atoms with Gasteiger partial charge in [-0.25, -0.2) is 0 Å². The molecule has 56 valence electrons. The third-order valence-electron chi connectivity index (χ3n) is 1.79. The summed E-state index contributed by atoms with van der Waals surface area (Å²) in [6, 6.07) is 8.32. The average Bonchev–Trinajstić information content (AvgIpc) is 2.06. The van der Waals surface area contributed by atoms with E-state index in [1.807, 2.05) is 6.07 Å². The van der Waals surface area contributed by atoms with Crippen LogP contribution in [-0.4, -0.2) is 0 Å². The number of rotatable bonds is 2. The largest absolute Gasteiger partial charge is 0.120 e. The highest BCUT2D eigenvalue weighted by atomic mass is 14.0. The molecule has 11 heavy (non-hydrogen) atoms. The molecule has 0 unspecified atom stereocenters. The van der Waals surface area contributed by atoms with Crippen molar-refractivity contribution in [2.75, 3.05) is 0 Å². The standard InChI is InChI=1S/C11H12/c1-3-7-11-9-6-5-8-10(11)4-2/h1,5-6,8-9H,4,7H2,2H3. The van der Waals surface area contributed by atoms with Crippen LogP contribution in [0.25, 0.3) is 0 Å². The van der Waals surface area contributed by atoms with Gasteiger partial charge in [-0.2, -0.15) is 0 Å². The summed E-state index contributed by atoms with van der Waals surface area (Å²) in [5, 5.41) is 0. The molecule has 0 spiro atoms. The average molecular weight is 144 g/mol. The number of terminal acetylenes is 1. The molecule has 0 saturated heterocycles. The van der Waals surface area contributed by atoms with Crippen LogP contribution in [0.3, 0.4) is 0 Å². The summed E-state index contributed by atoms with van der Waals surface area (Å²) >= 11 is 0. The maximum absolute atomic E-state index is 5.23. The molecule has 0 aromatic heterocycles. The minimum atomic E-state index is 0.754. The maximum atomic E-state index is 5.23. The number of hydrogen-bond donors (Lipinski definition) is 0. The van der Waals surface area contributed by atoms with Crippen molar-refractivity contribution in [1.82, 2.24) is 0 Å². The first-order valence-electron chi connectivity index (χ1n) is 3.88. The summed E-state index contributed by atoms with van der Waals surface area (Å²) in [5.74, 6) is 2.66. The van der Waals surface area contributed by atoms with Gasteiger partial charge in [-0.1, -0.05) is 31.2 Å². The van der Waals surface area contributed by atoms with E-state index in [1.165, 1.54) is 11.1 Å². The summed E-state index contributed by atoms with van der Waals surface area (Å²) in [7, 11) is 0. The van der Waals surface area contributed by atoms with E-state index in [1.54, 1.807) is 0 Å². The van der Waals surface area contributed by atoms with E-state index >= 15 is 0 Å². The molecule has 0 aliphatic rings. The van der Waals surface area contributed by atoms with Gasteiger partial charge in [0, 0.05) is 6.42 Å². The van der Waals surface area contributed by atoms with Crippen LogP contribution < -0.4 is 0 Å². The molecule has 0 saturated carbocycles. The van der Waals surface area contributed by atoms with Crippen molar-refractivity contribution in [1.29, 1.82) is 0 Å². The fourth-order valence-electron chi connectivity index (χ4n) is 1.18. The zero-order valence-electron chi connectivity index (χ0n) is 6.80. The Morgan fingerprint density at radius 3 is 2.45 bits per heavy atom. The van der Waals surface area contributed by atoms with Crippen LogP contribution in [-0.2, 0) is 12.8 Å². The topological polar surface area (TPSA) is 0 Å². The van der Waals surface area contributed by atoms with Gasteiger partial charge in [-0.15, -0.1) is 12.3 Å². The molecule has 1 rings (SSSR count). The van der Waals surface area contributed by atoms with Gasteiger partial charge in [0.1, 0.15) is 0 Å². The van der Waals surface area contributed by atoms with Gasteiger partial charge in [-0.3, -0.25) is 0 Å². The Morgan fingerprint density at radius 1 is 1.27 bits per heavy atom. The van der Waals surface area contributed by atoms with Crippen molar-refractivity contribution < 1.29 is 0 Å². The van der Waals surface area contributed by atoms with Crippen LogP contribution in [0.4, 0.5) is 0 Å². The molecule has 0 radical (unpaired) electrons. The predicted octanol–water partition coefficient (Wildman–Crippen LogP) is 2.42. The normalized spacial score (nSPS) is 9.09. The first kappa shape index (κ1) is 7.88. The monoisotopic (exact) mass is 144 g/mol. The lowest BCUT2D eigenvalue weighted by Crippen LogP contribution is -1.89. The van der Waals surface area contributed by atoms with Crippen LogP contribution in [0.5, 0.6) is 0 Å². The smallest absolute Gasteiger partial charge is 0.0340 e. The maximum Gasteiger partial charge on any atom is 0.0340 e. The molecular weight excluding hydrogens is 132 g/mol. The molecule has 0 heterocycles. The molecule has 1 aromatic carbocycles. The SMILES string of the molecule is C#CCc1ccccc1CC. The van der Waals surface area contributed by atoms with Gasteiger partial charge in [0.15, 0.2) is 0 Å². The van der Waals surface area contributed by atoms with Crippen LogP contribution >= 0.6 is 0 Å². The number of hydrogen-bond acceptors (Lipinski definition) is 0. The Balaban J connectivity index is 2.94. The van der Waals surface area contributed by atoms with E-state index in [0.29, 0.717) is 0 Å². The van der Waals surface area contributed by atoms with Gasteiger partial charge >= 0.3 is 0 Å². The van der Waals surface area contributed by atoms with Crippen molar-refractivity contribution >= 4 is 0 Å². The van der Waals surface area contributed by atoms with E-state index in [2.05, 4.69) is 31.0 Å². The molecule has 0 aliphatic carbocycles. The second kappa shape index (κ2) is 3.83. The lowest BCUT2D eigenvalue weighted by atomic mass is 10.0. The minimum absolute atomic E-state index is 0.754. The molecule has 1 aromatic rings. The zero-order valence-corrected chi connectivity index (χ0v) is 6.80. The van der Waals surface area contributed by atoms with E-state index in [0.717, 1.165) is 12.8 Å². The van der Waals surface area contributed by atoms with Crippen LogP contribution in [0.1, 0.15) is 18.1 Å². The first-order valence-corrected chi connectivity index (χ1v) is 3.88. The van der Waals surface area contributed by atoms with Crippen molar-refractivity contribution in [3.05, 3.63) is 35.4 Å². The molecule has 0 nitrogen and oxygen atoms in total.